The molecule has 1 fully saturated rings. The molecular formula is C18H28N2O4S. The van der Waals surface area contributed by atoms with E-state index in [0.29, 0.717) is 42.1 Å². The molecule has 2 rings (SSSR count). The molecule has 1 saturated heterocycles. The lowest BCUT2D eigenvalue weighted by Gasteiger charge is -2.31. The van der Waals surface area contributed by atoms with Crippen molar-refractivity contribution >= 4 is 15.9 Å². The van der Waals surface area contributed by atoms with E-state index >= 15 is 0 Å². The van der Waals surface area contributed by atoms with Crippen LogP contribution in [0.5, 0.6) is 5.75 Å². The topological polar surface area (TPSA) is 75.7 Å². The maximum absolute atomic E-state index is 12.9. The first kappa shape index (κ1) is 19.7. The van der Waals surface area contributed by atoms with Gasteiger partial charge in [-0.05, 0) is 56.9 Å². The molecule has 1 aliphatic heterocycles. The first-order chi connectivity index (χ1) is 11.8. The van der Waals surface area contributed by atoms with E-state index in [1.54, 1.807) is 32.2 Å². The molecule has 1 aliphatic rings. The third-order valence-corrected chi connectivity index (χ3v) is 6.88. The quantitative estimate of drug-likeness (QED) is 0.836. The summed E-state index contributed by atoms with van der Waals surface area (Å²) in [5.74, 6) is 0.557. The van der Waals surface area contributed by atoms with Crippen molar-refractivity contribution in [1.82, 2.24) is 9.62 Å². The minimum absolute atomic E-state index is 0.0343. The molecule has 1 N–H and O–H groups in total. The maximum Gasteiger partial charge on any atom is 0.243 e. The average Bonchev–Trinajstić information content (AvgIpc) is 2.61. The summed E-state index contributed by atoms with van der Waals surface area (Å²) in [5.41, 5.74) is 0.663. The van der Waals surface area contributed by atoms with Gasteiger partial charge in [-0.25, -0.2) is 8.42 Å². The fourth-order valence-electron chi connectivity index (χ4n) is 3.00. The number of amides is 1. The largest absolute Gasteiger partial charge is 0.497 e. The minimum atomic E-state index is -3.55. The second-order valence-electron chi connectivity index (χ2n) is 6.63. The van der Waals surface area contributed by atoms with Gasteiger partial charge in [0.25, 0.3) is 0 Å². The Hall–Kier alpha value is -1.60. The fourth-order valence-corrected chi connectivity index (χ4v) is 4.67. The first-order valence-corrected chi connectivity index (χ1v) is 10.2. The lowest BCUT2D eigenvalue weighted by molar-refractivity contribution is -0.126. The number of aryl methyl sites for hydroxylation is 1. The summed E-state index contributed by atoms with van der Waals surface area (Å²) in [7, 11) is -1.99. The maximum atomic E-state index is 12.9. The van der Waals surface area contributed by atoms with Crippen LogP contribution in [0.2, 0.25) is 0 Å². The van der Waals surface area contributed by atoms with Crippen LogP contribution in [0, 0.1) is 12.8 Å². The lowest BCUT2D eigenvalue weighted by atomic mass is 9.97. The highest BCUT2D eigenvalue weighted by molar-refractivity contribution is 7.89. The lowest BCUT2D eigenvalue weighted by Crippen LogP contribution is -2.44. The van der Waals surface area contributed by atoms with E-state index in [0.717, 1.165) is 6.42 Å². The molecule has 0 bridgehead atoms. The number of rotatable bonds is 6. The zero-order valence-electron chi connectivity index (χ0n) is 15.4. The van der Waals surface area contributed by atoms with E-state index in [9.17, 15) is 13.2 Å². The number of nitrogens with one attached hydrogen (secondary N) is 1. The van der Waals surface area contributed by atoms with Crippen molar-refractivity contribution in [3.05, 3.63) is 23.8 Å². The summed E-state index contributed by atoms with van der Waals surface area (Å²) in [4.78, 5) is 12.5. The first-order valence-electron chi connectivity index (χ1n) is 8.74. The molecule has 7 heteroatoms. The van der Waals surface area contributed by atoms with Gasteiger partial charge in [-0.2, -0.15) is 4.31 Å². The van der Waals surface area contributed by atoms with Crippen LogP contribution in [-0.4, -0.2) is 44.9 Å². The van der Waals surface area contributed by atoms with Gasteiger partial charge in [0.1, 0.15) is 5.75 Å². The molecule has 140 valence electrons. The molecule has 1 aromatic rings. The molecule has 0 aliphatic carbocycles. The van der Waals surface area contributed by atoms with E-state index in [2.05, 4.69) is 5.32 Å². The highest BCUT2D eigenvalue weighted by atomic mass is 32.2. The Kier molecular flexibility index (Phi) is 6.46. The Labute approximate surface area is 150 Å². The molecule has 0 aromatic heterocycles. The zero-order chi connectivity index (χ0) is 18.6. The molecule has 25 heavy (non-hydrogen) atoms. The minimum Gasteiger partial charge on any atom is -0.497 e. The van der Waals surface area contributed by atoms with Crippen molar-refractivity contribution in [1.29, 1.82) is 0 Å². The summed E-state index contributed by atoms with van der Waals surface area (Å²) < 4.78 is 32.4. The van der Waals surface area contributed by atoms with E-state index in [-0.39, 0.29) is 17.9 Å². The zero-order valence-corrected chi connectivity index (χ0v) is 16.2. The molecule has 1 atom stereocenters. The van der Waals surface area contributed by atoms with Gasteiger partial charge in [-0.3, -0.25) is 4.79 Å². The third kappa shape index (κ3) is 4.52. The molecule has 0 spiro atoms. The molecule has 0 saturated carbocycles. The average molecular weight is 368 g/mol. The van der Waals surface area contributed by atoms with Gasteiger partial charge < -0.3 is 10.1 Å². The van der Waals surface area contributed by atoms with Crippen molar-refractivity contribution in [2.75, 3.05) is 20.2 Å². The predicted molar refractivity (Wildman–Crippen MR) is 97.1 cm³/mol. The Bertz CT molecular complexity index is 710. The number of hydrogen-bond donors (Lipinski definition) is 1. The summed E-state index contributed by atoms with van der Waals surface area (Å²) >= 11 is 0. The molecular weight excluding hydrogens is 340 g/mol. The number of hydrogen-bond acceptors (Lipinski definition) is 4. The smallest absolute Gasteiger partial charge is 0.243 e. The number of piperidine rings is 1. The molecule has 1 heterocycles. The van der Waals surface area contributed by atoms with Crippen LogP contribution in [0.3, 0.4) is 0 Å². The number of sulfonamides is 1. The van der Waals surface area contributed by atoms with Gasteiger partial charge in [0.2, 0.25) is 15.9 Å². The standard InChI is InChI=1S/C18H28N2O4S/c1-5-14(3)19-18(21)15-8-10-20(11-9-15)25(22,23)17-7-6-16(24-4)12-13(17)2/h6-7,12,14-15H,5,8-11H2,1-4H3,(H,19,21). The second-order valence-corrected chi connectivity index (χ2v) is 8.53. The predicted octanol–water partition coefficient (Wildman–Crippen LogP) is 2.32. The van der Waals surface area contributed by atoms with Gasteiger partial charge in [-0.1, -0.05) is 6.92 Å². The number of methoxy groups -OCH3 is 1. The fraction of sp³-hybridized carbons (Fsp3) is 0.611. The van der Waals surface area contributed by atoms with E-state index < -0.39 is 10.0 Å². The summed E-state index contributed by atoms with van der Waals surface area (Å²) in [5, 5.41) is 2.99. The normalized spacial score (nSPS) is 17.9. The monoisotopic (exact) mass is 368 g/mol. The van der Waals surface area contributed by atoms with Crippen LogP contribution in [0.4, 0.5) is 0 Å². The molecule has 1 aromatic carbocycles. The van der Waals surface area contributed by atoms with Crippen LogP contribution in [0.1, 0.15) is 38.7 Å². The van der Waals surface area contributed by atoms with Gasteiger partial charge in [-0.15, -0.1) is 0 Å². The van der Waals surface area contributed by atoms with Crippen LogP contribution in [0.25, 0.3) is 0 Å². The van der Waals surface area contributed by atoms with Crippen molar-refractivity contribution in [3.8, 4) is 5.75 Å². The van der Waals surface area contributed by atoms with E-state index in [1.165, 1.54) is 4.31 Å². The highest BCUT2D eigenvalue weighted by Crippen LogP contribution is 2.27. The summed E-state index contributed by atoms with van der Waals surface area (Å²) in [6.07, 6.45) is 1.99. The van der Waals surface area contributed by atoms with E-state index in [4.69, 9.17) is 4.74 Å². The number of carbonyl (C=O) groups excluding carboxylic acids is 1. The SMILES string of the molecule is CCC(C)NC(=O)C1CCN(S(=O)(=O)c2ccc(OC)cc2C)CC1. The van der Waals surface area contributed by atoms with E-state index in [1.807, 2.05) is 13.8 Å². The Morgan fingerprint density at radius 1 is 1.36 bits per heavy atom. The van der Waals surface area contributed by atoms with Gasteiger partial charge in [0, 0.05) is 25.0 Å². The number of nitrogens with zero attached hydrogens (tertiary/aromatic N) is 1. The highest BCUT2D eigenvalue weighted by Gasteiger charge is 2.33. The number of ether oxygens (including phenoxy) is 1. The number of carbonyl (C=O) groups is 1. The van der Waals surface area contributed by atoms with Crippen LogP contribution in [0.15, 0.2) is 23.1 Å². The van der Waals surface area contributed by atoms with Crippen molar-refractivity contribution in [2.45, 2.75) is 51.0 Å². The molecule has 0 radical (unpaired) electrons. The molecule has 1 amide bonds. The number of benzene rings is 1. The Morgan fingerprint density at radius 2 is 2.00 bits per heavy atom. The Morgan fingerprint density at radius 3 is 2.52 bits per heavy atom. The third-order valence-electron chi connectivity index (χ3n) is 4.83. The van der Waals surface area contributed by atoms with Gasteiger partial charge in [0.15, 0.2) is 0 Å². The van der Waals surface area contributed by atoms with Gasteiger partial charge in [0.05, 0.1) is 12.0 Å². The van der Waals surface area contributed by atoms with Crippen molar-refractivity contribution in [3.63, 3.8) is 0 Å². The molecule has 1 unspecified atom stereocenters. The van der Waals surface area contributed by atoms with Crippen LogP contribution in [-0.2, 0) is 14.8 Å². The second kappa shape index (κ2) is 8.19. The summed E-state index contributed by atoms with van der Waals surface area (Å²) in [6, 6.07) is 5.12. The van der Waals surface area contributed by atoms with Crippen LogP contribution >= 0.6 is 0 Å². The van der Waals surface area contributed by atoms with Crippen molar-refractivity contribution in [2.24, 2.45) is 5.92 Å². The van der Waals surface area contributed by atoms with Crippen molar-refractivity contribution < 1.29 is 17.9 Å². The van der Waals surface area contributed by atoms with Gasteiger partial charge >= 0.3 is 0 Å². The molecule has 6 nitrogen and oxygen atoms in total. The summed E-state index contributed by atoms with van der Waals surface area (Å²) in [6.45, 7) is 6.50. The Balaban J connectivity index is 2.05. The van der Waals surface area contributed by atoms with Crippen LogP contribution < -0.4 is 10.1 Å².